The van der Waals surface area contributed by atoms with Crippen LogP contribution < -0.4 is 0 Å². The second kappa shape index (κ2) is 7.43. The molecule has 0 saturated carbocycles. The standard InChI is InChI=1S/C17H12ClF6N3O2S/c1-26(30(28,29)12-6-7-27-13(18)9-25-14(27)8-12)15(17(22,23)24)10-2-4-11(5-3-10)16(19,20)21/h2-9,15H,1H3. The minimum absolute atomic E-state index is 0.0615. The SMILES string of the molecule is CN(C(c1ccc(C(F)(F)F)cc1)C(F)(F)F)S(=O)(=O)c1ccn2c(Cl)cnc2c1. The fourth-order valence-corrected chi connectivity index (χ4v) is 4.39. The highest BCUT2D eigenvalue weighted by atomic mass is 35.5. The van der Waals surface area contributed by atoms with E-state index in [0.717, 1.165) is 12.1 Å². The Labute approximate surface area is 171 Å². The van der Waals surface area contributed by atoms with E-state index in [1.54, 1.807) is 0 Å². The molecule has 0 bridgehead atoms. The molecule has 0 radical (unpaired) electrons. The van der Waals surface area contributed by atoms with Crippen LogP contribution in [0.1, 0.15) is 17.2 Å². The first-order valence-corrected chi connectivity index (χ1v) is 9.89. The smallest absolute Gasteiger partial charge is 0.290 e. The third kappa shape index (κ3) is 4.12. The quantitative estimate of drug-likeness (QED) is 0.507. The summed E-state index contributed by atoms with van der Waals surface area (Å²) in [6.07, 6.45) is -7.38. The summed E-state index contributed by atoms with van der Waals surface area (Å²) in [6, 6.07) is 1.52. The minimum atomic E-state index is -5.09. The highest BCUT2D eigenvalue weighted by Gasteiger charge is 2.48. The Hall–Kier alpha value is -2.31. The summed E-state index contributed by atoms with van der Waals surface area (Å²) < 4.78 is 106. The van der Waals surface area contributed by atoms with Crippen LogP contribution in [0.15, 0.2) is 53.7 Å². The summed E-state index contributed by atoms with van der Waals surface area (Å²) in [6.45, 7) is 0. The maximum Gasteiger partial charge on any atom is 0.416 e. The molecule has 0 saturated heterocycles. The first kappa shape index (κ1) is 22.4. The zero-order valence-corrected chi connectivity index (χ0v) is 16.5. The molecule has 5 nitrogen and oxygen atoms in total. The second-order valence-electron chi connectivity index (χ2n) is 6.26. The van der Waals surface area contributed by atoms with Gasteiger partial charge in [0, 0.05) is 19.3 Å². The monoisotopic (exact) mass is 471 g/mol. The lowest BCUT2D eigenvalue weighted by Gasteiger charge is -2.29. The summed E-state index contributed by atoms with van der Waals surface area (Å²) in [7, 11) is -3.99. The van der Waals surface area contributed by atoms with Crippen molar-refractivity contribution in [3.8, 4) is 0 Å². The Morgan fingerprint density at radius 1 is 1.07 bits per heavy atom. The Kier molecular flexibility index (Phi) is 5.54. The van der Waals surface area contributed by atoms with Crippen LogP contribution >= 0.6 is 11.6 Å². The topological polar surface area (TPSA) is 54.7 Å². The van der Waals surface area contributed by atoms with Gasteiger partial charge in [0.1, 0.15) is 16.8 Å². The van der Waals surface area contributed by atoms with Gasteiger partial charge in [0.15, 0.2) is 0 Å². The van der Waals surface area contributed by atoms with E-state index in [1.807, 2.05) is 0 Å². The normalized spacial score (nSPS) is 14.4. The van der Waals surface area contributed by atoms with Gasteiger partial charge in [-0.25, -0.2) is 13.4 Å². The van der Waals surface area contributed by atoms with Crippen LogP contribution in [0.5, 0.6) is 0 Å². The van der Waals surface area contributed by atoms with E-state index in [4.69, 9.17) is 11.6 Å². The van der Waals surface area contributed by atoms with E-state index in [0.29, 0.717) is 31.3 Å². The number of aromatic nitrogens is 2. The summed E-state index contributed by atoms with van der Waals surface area (Å²) in [5.41, 5.74) is -1.72. The molecule has 1 unspecified atom stereocenters. The molecule has 3 aromatic rings. The fourth-order valence-electron chi connectivity index (χ4n) is 2.86. The van der Waals surface area contributed by atoms with Gasteiger partial charge in [0.05, 0.1) is 16.7 Å². The molecule has 13 heteroatoms. The van der Waals surface area contributed by atoms with Crippen LogP contribution in [-0.2, 0) is 16.2 Å². The van der Waals surface area contributed by atoms with Gasteiger partial charge in [-0.3, -0.25) is 4.40 Å². The molecule has 1 aromatic carbocycles. The Morgan fingerprint density at radius 3 is 2.20 bits per heavy atom. The van der Waals surface area contributed by atoms with E-state index in [1.165, 1.54) is 16.8 Å². The lowest BCUT2D eigenvalue weighted by atomic mass is 10.0. The van der Waals surface area contributed by atoms with Crippen molar-refractivity contribution in [1.29, 1.82) is 0 Å². The summed E-state index contributed by atoms with van der Waals surface area (Å²) in [4.78, 5) is 3.37. The molecule has 0 aliphatic rings. The second-order valence-corrected chi connectivity index (χ2v) is 8.64. The molecule has 0 spiro atoms. The average molecular weight is 472 g/mol. The van der Waals surface area contributed by atoms with Gasteiger partial charge in [-0.15, -0.1) is 0 Å². The molecular formula is C17H12ClF6N3O2S. The van der Waals surface area contributed by atoms with E-state index in [-0.39, 0.29) is 15.1 Å². The zero-order valence-electron chi connectivity index (χ0n) is 14.9. The first-order chi connectivity index (χ1) is 13.7. The van der Waals surface area contributed by atoms with Crippen LogP contribution in [0.4, 0.5) is 26.3 Å². The first-order valence-electron chi connectivity index (χ1n) is 8.07. The van der Waals surface area contributed by atoms with Gasteiger partial charge in [0.25, 0.3) is 0 Å². The number of halogens is 7. The molecule has 0 aliphatic carbocycles. The van der Waals surface area contributed by atoms with Crippen molar-refractivity contribution in [3.05, 3.63) is 65.1 Å². The predicted octanol–water partition coefficient (Wildman–Crippen LogP) is 4.93. The molecule has 3 rings (SSSR count). The van der Waals surface area contributed by atoms with E-state index in [2.05, 4.69) is 4.98 Å². The largest absolute Gasteiger partial charge is 0.416 e. The van der Waals surface area contributed by atoms with E-state index < -0.39 is 44.4 Å². The summed E-state index contributed by atoms with van der Waals surface area (Å²) >= 11 is 5.85. The molecule has 0 fully saturated rings. The molecule has 2 heterocycles. The maximum atomic E-state index is 13.7. The highest BCUT2D eigenvalue weighted by Crippen LogP contribution is 2.40. The maximum absolute atomic E-state index is 13.7. The van der Waals surface area contributed by atoms with Crippen LogP contribution in [-0.4, -0.2) is 35.3 Å². The third-order valence-electron chi connectivity index (χ3n) is 4.34. The molecule has 0 aliphatic heterocycles. The number of hydrogen-bond acceptors (Lipinski definition) is 3. The van der Waals surface area contributed by atoms with Crippen molar-refractivity contribution < 1.29 is 34.8 Å². The number of sulfonamides is 1. The van der Waals surface area contributed by atoms with Gasteiger partial charge in [0.2, 0.25) is 10.0 Å². The lowest BCUT2D eigenvalue weighted by Crippen LogP contribution is -2.39. The van der Waals surface area contributed by atoms with Gasteiger partial charge in [-0.1, -0.05) is 23.7 Å². The van der Waals surface area contributed by atoms with Crippen LogP contribution in [0.25, 0.3) is 5.65 Å². The van der Waals surface area contributed by atoms with Crippen molar-refractivity contribution in [2.45, 2.75) is 23.3 Å². The van der Waals surface area contributed by atoms with Crippen LogP contribution in [0, 0.1) is 0 Å². The molecule has 30 heavy (non-hydrogen) atoms. The van der Waals surface area contributed by atoms with Crippen molar-refractivity contribution in [2.24, 2.45) is 0 Å². The average Bonchev–Trinajstić information content (AvgIpc) is 3.01. The number of rotatable bonds is 4. The minimum Gasteiger partial charge on any atom is -0.290 e. The molecule has 2 aromatic heterocycles. The summed E-state index contributed by atoms with van der Waals surface area (Å²) in [5.74, 6) is 0. The molecular weight excluding hydrogens is 460 g/mol. The molecule has 162 valence electrons. The van der Waals surface area contributed by atoms with Crippen molar-refractivity contribution in [1.82, 2.24) is 13.7 Å². The molecule has 1 atom stereocenters. The van der Waals surface area contributed by atoms with E-state index >= 15 is 0 Å². The fraction of sp³-hybridized carbons (Fsp3) is 0.235. The molecule has 0 N–H and O–H groups in total. The van der Waals surface area contributed by atoms with Gasteiger partial charge >= 0.3 is 12.4 Å². The number of nitrogens with zero attached hydrogens (tertiary/aromatic N) is 3. The number of alkyl halides is 6. The third-order valence-corrected chi connectivity index (χ3v) is 6.44. The van der Waals surface area contributed by atoms with Gasteiger partial charge in [-0.05, 0) is 23.8 Å². The lowest BCUT2D eigenvalue weighted by molar-refractivity contribution is -0.171. The van der Waals surface area contributed by atoms with Gasteiger partial charge < -0.3 is 0 Å². The number of hydrogen-bond donors (Lipinski definition) is 0. The van der Waals surface area contributed by atoms with Crippen molar-refractivity contribution in [3.63, 3.8) is 0 Å². The molecule has 0 amide bonds. The van der Waals surface area contributed by atoms with Crippen molar-refractivity contribution >= 4 is 27.3 Å². The van der Waals surface area contributed by atoms with Crippen molar-refractivity contribution in [2.75, 3.05) is 7.05 Å². The summed E-state index contributed by atoms with van der Waals surface area (Å²) in [5, 5.41) is 0.167. The van der Waals surface area contributed by atoms with Gasteiger partial charge in [-0.2, -0.15) is 30.6 Å². The number of pyridine rings is 1. The highest BCUT2D eigenvalue weighted by molar-refractivity contribution is 7.89. The van der Waals surface area contributed by atoms with E-state index in [9.17, 15) is 34.8 Å². The Bertz CT molecular complexity index is 1170. The Balaban J connectivity index is 2.05. The zero-order chi connectivity index (χ0) is 22.5. The van der Waals surface area contributed by atoms with Crippen LogP contribution in [0.3, 0.4) is 0 Å². The van der Waals surface area contributed by atoms with Crippen LogP contribution in [0.2, 0.25) is 5.15 Å². The Morgan fingerprint density at radius 2 is 1.67 bits per heavy atom. The number of fused-ring (bicyclic) bond motifs is 1. The number of imidazole rings is 1. The number of benzene rings is 1. The predicted molar refractivity (Wildman–Crippen MR) is 95.4 cm³/mol.